The van der Waals surface area contributed by atoms with Gasteiger partial charge in [-0.3, -0.25) is 4.79 Å². The second-order valence-corrected chi connectivity index (χ2v) is 6.51. The van der Waals surface area contributed by atoms with Gasteiger partial charge in [0.05, 0.1) is 14.2 Å². The zero-order valence-electron chi connectivity index (χ0n) is 15.8. The van der Waals surface area contributed by atoms with Crippen LogP contribution in [-0.4, -0.2) is 44.2 Å². The minimum atomic E-state index is -0.0610. The van der Waals surface area contributed by atoms with Crippen molar-refractivity contribution < 1.29 is 19.0 Å². The molecule has 6 nitrogen and oxygen atoms in total. The van der Waals surface area contributed by atoms with E-state index in [1.807, 2.05) is 35.2 Å². The normalized spacial score (nSPS) is 16.3. The maximum Gasteiger partial charge on any atom is 0.254 e. The van der Waals surface area contributed by atoms with E-state index in [9.17, 15) is 4.79 Å². The molecule has 0 radical (unpaired) electrons. The van der Waals surface area contributed by atoms with Crippen molar-refractivity contribution in [1.82, 2.24) is 4.90 Å². The lowest BCUT2D eigenvalue weighted by molar-refractivity contribution is 0.0740. The predicted molar refractivity (Wildman–Crippen MR) is 103 cm³/mol. The van der Waals surface area contributed by atoms with Crippen LogP contribution in [0.4, 0.5) is 0 Å². The quantitative estimate of drug-likeness (QED) is 0.811. The number of nitrogens with zero attached hydrogens (tertiary/aromatic N) is 1. The largest absolute Gasteiger partial charge is 0.493 e. The fourth-order valence-corrected chi connectivity index (χ4v) is 3.39. The Kier molecular flexibility index (Phi) is 6.19. The van der Waals surface area contributed by atoms with Crippen molar-refractivity contribution in [3.63, 3.8) is 0 Å². The van der Waals surface area contributed by atoms with Gasteiger partial charge in [0.2, 0.25) is 5.75 Å². The van der Waals surface area contributed by atoms with Crippen molar-refractivity contribution in [3.8, 4) is 17.2 Å². The van der Waals surface area contributed by atoms with Crippen molar-refractivity contribution >= 4 is 5.91 Å². The van der Waals surface area contributed by atoms with Gasteiger partial charge < -0.3 is 24.8 Å². The van der Waals surface area contributed by atoms with E-state index in [0.29, 0.717) is 36.0 Å². The smallest absolute Gasteiger partial charge is 0.254 e. The molecule has 0 spiro atoms. The van der Waals surface area contributed by atoms with Crippen LogP contribution >= 0.6 is 0 Å². The maximum absolute atomic E-state index is 13.0. The molecule has 1 aliphatic rings. The molecule has 1 amide bonds. The number of methoxy groups -OCH3 is 2. The van der Waals surface area contributed by atoms with Crippen molar-refractivity contribution in [3.05, 3.63) is 53.6 Å². The fraction of sp³-hybridized carbons (Fsp3) is 0.381. The first kappa shape index (κ1) is 19.0. The summed E-state index contributed by atoms with van der Waals surface area (Å²) >= 11 is 0. The van der Waals surface area contributed by atoms with Gasteiger partial charge in [-0.25, -0.2) is 0 Å². The lowest BCUT2D eigenvalue weighted by Crippen LogP contribution is -2.39. The molecule has 1 fully saturated rings. The molecule has 3 rings (SSSR count). The van der Waals surface area contributed by atoms with Gasteiger partial charge in [-0.15, -0.1) is 0 Å². The van der Waals surface area contributed by atoms with Crippen molar-refractivity contribution in [2.45, 2.75) is 25.5 Å². The second-order valence-electron chi connectivity index (χ2n) is 6.51. The summed E-state index contributed by atoms with van der Waals surface area (Å²) in [5, 5.41) is 0. The molecular weight excluding hydrogens is 344 g/mol. The molecule has 1 unspecified atom stereocenters. The van der Waals surface area contributed by atoms with E-state index < -0.39 is 0 Å². The third-order valence-corrected chi connectivity index (χ3v) is 4.84. The van der Waals surface area contributed by atoms with Crippen LogP contribution in [0.1, 0.15) is 28.8 Å². The lowest BCUT2D eigenvalue weighted by atomic mass is 10.1. The Bertz CT molecular complexity index is 754. The van der Waals surface area contributed by atoms with E-state index in [1.165, 1.54) is 0 Å². The van der Waals surface area contributed by atoms with Crippen LogP contribution in [0.3, 0.4) is 0 Å². The Labute approximate surface area is 159 Å². The van der Waals surface area contributed by atoms with Crippen molar-refractivity contribution in [1.29, 1.82) is 0 Å². The summed E-state index contributed by atoms with van der Waals surface area (Å²) in [5.74, 6) is 1.36. The van der Waals surface area contributed by atoms with Crippen molar-refractivity contribution in [2.75, 3.05) is 27.3 Å². The number of ether oxygens (including phenoxy) is 3. The first-order valence-electron chi connectivity index (χ1n) is 9.11. The van der Waals surface area contributed by atoms with E-state index >= 15 is 0 Å². The number of hydrogen-bond acceptors (Lipinski definition) is 5. The Balaban J connectivity index is 1.86. The molecule has 1 saturated heterocycles. The summed E-state index contributed by atoms with van der Waals surface area (Å²) in [6.07, 6.45) is 1.91. The van der Waals surface area contributed by atoms with Crippen LogP contribution in [0.2, 0.25) is 0 Å². The second kappa shape index (κ2) is 8.77. The fourth-order valence-electron chi connectivity index (χ4n) is 3.39. The topological polar surface area (TPSA) is 74.0 Å². The number of hydrogen-bond donors (Lipinski definition) is 1. The Hall–Kier alpha value is -2.73. The van der Waals surface area contributed by atoms with Gasteiger partial charge >= 0.3 is 0 Å². The molecule has 0 aromatic heterocycles. The van der Waals surface area contributed by atoms with E-state index in [4.69, 9.17) is 19.9 Å². The number of carbonyl (C=O) groups excluding carboxylic acids is 1. The van der Waals surface area contributed by atoms with E-state index in [2.05, 4.69) is 0 Å². The van der Waals surface area contributed by atoms with Crippen LogP contribution in [0.15, 0.2) is 42.5 Å². The predicted octanol–water partition coefficient (Wildman–Crippen LogP) is 2.85. The summed E-state index contributed by atoms with van der Waals surface area (Å²) in [6, 6.07) is 13.3. The SMILES string of the molecule is COc1cc(C(=O)N2CCCC2CN)cc(OC)c1OCc1ccccc1. The monoisotopic (exact) mass is 370 g/mol. The number of nitrogens with two attached hydrogens (primary N) is 1. The highest BCUT2D eigenvalue weighted by Crippen LogP contribution is 2.39. The molecule has 1 aliphatic heterocycles. The van der Waals surface area contributed by atoms with Crippen LogP contribution in [0.25, 0.3) is 0 Å². The van der Waals surface area contributed by atoms with Gasteiger partial charge in [-0.05, 0) is 30.5 Å². The lowest BCUT2D eigenvalue weighted by Gasteiger charge is -2.24. The van der Waals surface area contributed by atoms with Gasteiger partial charge in [-0.2, -0.15) is 0 Å². The first-order valence-corrected chi connectivity index (χ1v) is 9.11. The summed E-state index contributed by atoms with van der Waals surface area (Å²) < 4.78 is 16.9. The Morgan fingerprint density at radius 1 is 1.15 bits per heavy atom. The van der Waals surface area contributed by atoms with Gasteiger partial charge in [-0.1, -0.05) is 30.3 Å². The third kappa shape index (κ3) is 4.17. The van der Waals surface area contributed by atoms with E-state index in [1.54, 1.807) is 26.4 Å². The molecule has 2 aromatic carbocycles. The molecule has 2 aromatic rings. The zero-order valence-corrected chi connectivity index (χ0v) is 15.8. The third-order valence-electron chi connectivity index (χ3n) is 4.84. The standard InChI is InChI=1S/C21H26N2O4/c1-25-18-11-16(21(24)23-10-6-9-17(23)13-22)12-19(26-2)20(18)27-14-15-7-4-3-5-8-15/h3-5,7-8,11-12,17H,6,9-10,13-14,22H2,1-2H3. The van der Waals surface area contributed by atoms with E-state index in [0.717, 1.165) is 24.9 Å². The van der Waals surface area contributed by atoms with Crippen LogP contribution in [-0.2, 0) is 6.61 Å². The molecule has 0 saturated carbocycles. The molecule has 2 N–H and O–H groups in total. The minimum Gasteiger partial charge on any atom is -0.493 e. The molecule has 0 aliphatic carbocycles. The number of likely N-dealkylation sites (tertiary alicyclic amines) is 1. The molecule has 1 atom stereocenters. The molecule has 6 heteroatoms. The van der Waals surface area contributed by atoms with Gasteiger partial charge in [0.25, 0.3) is 5.91 Å². The van der Waals surface area contributed by atoms with Gasteiger partial charge in [0.1, 0.15) is 6.61 Å². The molecule has 0 bridgehead atoms. The summed E-state index contributed by atoms with van der Waals surface area (Å²) in [6.45, 7) is 1.57. The average molecular weight is 370 g/mol. The molecule has 1 heterocycles. The highest BCUT2D eigenvalue weighted by molar-refractivity contribution is 5.96. The molecular formula is C21H26N2O4. The van der Waals surface area contributed by atoms with Crippen LogP contribution < -0.4 is 19.9 Å². The minimum absolute atomic E-state index is 0.0610. The molecule has 144 valence electrons. The summed E-state index contributed by atoms with van der Waals surface area (Å²) in [4.78, 5) is 14.8. The number of amides is 1. The number of rotatable bonds is 7. The number of benzene rings is 2. The van der Waals surface area contributed by atoms with Gasteiger partial charge in [0, 0.05) is 24.7 Å². The summed E-state index contributed by atoms with van der Waals surface area (Å²) in [5.41, 5.74) is 7.35. The zero-order chi connectivity index (χ0) is 19.2. The first-order chi connectivity index (χ1) is 13.2. The number of carbonyl (C=O) groups is 1. The highest BCUT2D eigenvalue weighted by Gasteiger charge is 2.29. The molecule has 27 heavy (non-hydrogen) atoms. The highest BCUT2D eigenvalue weighted by atomic mass is 16.5. The average Bonchev–Trinajstić information content (AvgIpc) is 3.20. The Morgan fingerprint density at radius 2 is 1.81 bits per heavy atom. The summed E-state index contributed by atoms with van der Waals surface area (Å²) in [7, 11) is 3.11. The maximum atomic E-state index is 13.0. The van der Waals surface area contributed by atoms with E-state index in [-0.39, 0.29) is 11.9 Å². The van der Waals surface area contributed by atoms with Crippen molar-refractivity contribution in [2.24, 2.45) is 5.73 Å². The van der Waals surface area contributed by atoms with Crippen LogP contribution in [0, 0.1) is 0 Å². The Morgan fingerprint density at radius 3 is 2.41 bits per heavy atom. The van der Waals surface area contributed by atoms with Gasteiger partial charge in [0.15, 0.2) is 11.5 Å². The van der Waals surface area contributed by atoms with Crippen LogP contribution in [0.5, 0.6) is 17.2 Å².